The first-order chi connectivity index (χ1) is 6.68. The molecule has 0 unspecified atom stereocenters. The van der Waals surface area contributed by atoms with Crippen molar-refractivity contribution in [1.29, 1.82) is 0 Å². The fourth-order valence-electron chi connectivity index (χ4n) is 2.89. The molecule has 3 heteroatoms. The molecular formula is C11H18N2O. The predicted molar refractivity (Wildman–Crippen MR) is 53.6 cm³/mol. The van der Waals surface area contributed by atoms with E-state index in [2.05, 4.69) is 0 Å². The zero-order valence-corrected chi connectivity index (χ0v) is 8.59. The van der Waals surface area contributed by atoms with Crippen LogP contribution in [-0.2, 0) is 4.79 Å². The molecule has 1 amide bonds. The molecule has 78 valence electrons. The monoisotopic (exact) mass is 194 g/mol. The first-order valence-corrected chi connectivity index (χ1v) is 5.76. The Morgan fingerprint density at radius 3 is 2.07 bits per heavy atom. The summed E-state index contributed by atoms with van der Waals surface area (Å²) in [5, 5.41) is 0. The lowest BCUT2D eigenvalue weighted by atomic mass is 9.93. The van der Waals surface area contributed by atoms with E-state index in [-0.39, 0.29) is 11.0 Å². The van der Waals surface area contributed by atoms with Crippen molar-refractivity contribution < 1.29 is 4.79 Å². The van der Waals surface area contributed by atoms with E-state index in [0.717, 1.165) is 38.8 Å². The van der Waals surface area contributed by atoms with Crippen LogP contribution in [0.25, 0.3) is 0 Å². The van der Waals surface area contributed by atoms with Crippen molar-refractivity contribution in [2.75, 3.05) is 13.1 Å². The Balaban J connectivity index is 1.78. The maximum absolute atomic E-state index is 12.3. The Morgan fingerprint density at radius 2 is 1.64 bits per heavy atom. The van der Waals surface area contributed by atoms with Gasteiger partial charge in [-0.1, -0.05) is 0 Å². The number of nitrogens with two attached hydrogens (primary N) is 1. The lowest BCUT2D eigenvalue weighted by molar-refractivity contribution is -0.137. The van der Waals surface area contributed by atoms with Crippen molar-refractivity contribution in [2.24, 2.45) is 11.1 Å². The number of likely N-dealkylation sites (tertiary alicyclic amines) is 1. The van der Waals surface area contributed by atoms with Crippen LogP contribution in [0.2, 0.25) is 0 Å². The Hall–Kier alpha value is -0.570. The molecule has 3 aliphatic rings. The Labute approximate surface area is 84.6 Å². The van der Waals surface area contributed by atoms with E-state index in [1.165, 1.54) is 12.8 Å². The largest absolute Gasteiger partial charge is 0.342 e. The van der Waals surface area contributed by atoms with E-state index in [0.29, 0.717) is 5.91 Å². The van der Waals surface area contributed by atoms with Crippen molar-refractivity contribution in [3.05, 3.63) is 0 Å². The molecular weight excluding hydrogens is 176 g/mol. The van der Waals surface area contributed by atoms with Gasteiger partial charge in [-0.05, 0) is 38.5 Å². The van der Waals surface area contributed by atoms with Gasteiger partial charge in [-0.3, -0.25) is 4.79 Å². The van der Waals surface area contributed by atoms with Gasteiger partial charge in [0.05, 0.1) is 5.41 Å². The molecule has 3 rings (SSSR count). The average molecular weight is 194 g/mol. The number of hydrogen-bond donors (Lipinski definition) is 1. The second kappa shape index (κ2) is 2.51. The van der Waals surface area contributed by atoms with E-state index in [4.69, 9.17) is 5.73 Å². The van der Waals surface area contributed by atoms with Gasteiger partial charge in [0.1, 0.15) is 0 Å². The molecule has 0 bridgehead atoms. The molecule has 2 saturated carbocycles. The molecule has 1 heterocycles. The first kappa shape index (κ1) is 8.72. The van der Waals surface area contributed by atoms with E-state index < -0.39 is 0 Å². The fraction of sp³-hybridized carbons (Fsp3) is 0.909. The van der Waals surface area contributed by atoms with Crippen molar-refractivity contribution in [1.82, 2.24) is 4.90 Å². The summed E-state index contributed by atoms with van der Waals surface area (Å²) >= 11 is 0. The molecule has 0 aromatic heterocycles. The van der Waals surface area contributed by atoms with Crippen molar-refractivity contribution >= 4 is 5.91 Å². The third-order valence-corrected chi connectivity index (χ3v) is 4.29. The van der Waals surface area contributed by atoms with E-state index in [1.807, 2.05) is 4.90 Å². The van der Waals surface area contributed by atoms with Crippen LogP contribution in [0.3, 0.4) is 0 Å². The Morgan fingerprint density at radius 1 is 1.07 bits per heavy atom. The molecule has 1 saturated heterocycles. The standard InChI is InChI=1S/C11H18N2O/c12-11(5-6-11)10(3-4-10)9(14)13-7-1-2-8-13/h1-8,12H2. The van der Waals surface area contributed by atoms with Crippen LogP contribution in [0.5, 0.6) is 0 Å². The number of carbonyl (C=O) groups is 1. The summed E-state index contributed by atoms with van der Waals surface area (Å²) in [7, 11) is 0. The van der Waals surface area contributed by atoms with Crippen molar-refractivity contribution in [3.8, 4) is 0 Å². The Kier molecular flexibility index (Phi) is 1.56. The summed E-state index contributed by atoms with van der Waals surface area (Å²) in [6, 6.07) is 0. The molecule has 0 radical (unpaired) electrons. The van der Waals surface area contributed by atoms with Crippen LogP contribution in [-0.4, -0.2) is 29.4 Å². The minimum absolute atomic E-state index is 0.104. The molecule has 3 fully saturated rings. The number of rotatable bonds is 2. The molecule has 0 aromatic rings. The van der Waals surface area contributed by atoms with Crippen molar-refractivity contribution in [2.45, 2.75) is 44.1 Å². The smallest absolute Gasteiger partial charge is 0.230 e. The second-order valence-electron chi connectivity index (χ2n) is 5.24. The van der Waals surface area contributed by atoms with Gasteiger partial charge < -0.3 is 10.6 Å². The molecule has 14 heavy (non-hydrogen) atoms. The predicted octanol–water partition coefficient (Wildman–Crippen LogP) is 0.880. The third kappa shape index (κ3) is 0.991. The summed E-state index contributed by atoms with van der Waals surface area (Å²) in [6.07, 6.45) is 6.57. The molecule has 3 nitrogen and oxygen atoms in total. The summed E-state index contributed by atoms with van der Waals surface area (Å²) in [4.78, 5) is 14.3. The van der Waals surface area contributed by atoms with Crippen LogP contribution in [0, 0.1) is 5.41 Å². The van der Waals surface area contributed by atoms with Crippen LogP contribution >= 0.6 is 0 Å². The number of carbonyl (C=O) groups excluding carboxylic acids is 1. The van der Waals surface area contributed by atoms with E-state index in [1.54, 1.807) is 0 Å². The highest BCUT2D eigenvalue weighted by molar-refractivity contribution is 5.88. The minimum Gasteiger partial charge on any atom is -0.342 e. The topological polar surface area (TPSA) is 46.3 Å². The van der Waals surface area contributed by atoms with Crippen LogP contribution in [0.15, 0.2) is 0 Å². The van der Waals surface area contributed by atoms with Gasteiger partial charge in [0.2, 0.25) is 5.91 Å². The first-order valence-electron chi connectivity index (χ1n) is 5.76. The quantitative estimate of drug-likeness (QED) is 0.709. The maximum Gasteiger partial charge on any atom is 0.230 e. The van der Waals surface area contributed by atoms with Gasteiger partial charge in [0, 0.05) is 18.6 Å². The fourth-order valence-corrected chi connectivity index (χ4v) is 2.89. The van der Waals surface area contributed by atoms with Gasteiger partial charge in [0.25, 0.3) is 0 Å². The molecule has 0 atom stereocenters. The average Bonchev–Trinajstić information content (AvgIpc) is 3.06. The SMILES string of the molecule is NC1(C2(C(=O)N3CCCC3)CC2)CC1. The van der Waals surface area contributed by atoms with E-state index >= 15 is 0 Å². The lowest BCUT2D eigenvalue weighted by Gasteiger charge is -2.27. The third-order valence-electron chi connectivity index (χ3n) is 4.29. The van der Waals surface area contributed by atoms with Gasteiger partial charge in [0.15, 0.2) is 0 Å². The zero-order valence-electron chi connectivity index (χ0n) is 8.59. The highest BCUT2D eigenvalue weighted by Gasteiger charge is 2.68. The van der Waals surface area contributed by atoms with Crippen LogP contribution < -0.4 is 5.73 Å². The Bertz CT molecular complexity index is 273. The lowest BCUT2D eigenvalue weighted by Crippen LogP contribution is -2.46. The molecule has 2 N–H and O–H groups in total. The van der Waals surface area contributed by atoms with Crippen LogP contribution in [0.4, 0.5) is 0 Å². The van der Waals surface area contributed by atoms with Crippen LogP contribution in [0.1, 0.15) is 38.5 Å². The normalized spacial score (nSPS) is 31.6. The summed E-state index contributed by atoms with van der Waals surface area (Å²) in [6.45, 7) is 1.94. The van der Waals surface area contributed by atoms with Gasteiger partial charge in [-0.25, -0.2) is 0 Å². The molecule has 2 aliphatic carbocycles. The highest BCUT2D eigenvalue weighted by atomic mass is 16.2. The second-order valence-corrected chi connectivity index (χ2v) is 5.24. The number of hydrogen-bond acceptors (Lipinski definition) is 2. The van der Waals surface area contributed by atoms with Gasteiger partial charge >= 0.3 is 0 Å². The highest BCUT2D eigenvalue weighted by Crippen LogP contribution is 2.63. The maximum atomic E-state index is 12.3. The zero-order chi connectivity index (χ0) is 9.81. The van der Waals surface area contributed by atoms with Gasteiger partial charge in [-0.2, -0.15) is 0 Å². The molecule has 0 aromatic carbocycles. The number of amides is 1. The molecule has 1 aliphatic heterocycles. The summed E-state index contributed by atoms with van der Waals surface area (Å²) in [5.41, 5.74) is 5.99. The van der Waals surface area contributed by atoms with E-state index in [9.17, 15) is 4.79 Å². The summed E-state index contributed by atoms with van der Waals surface area (Å²) in [5.74, 6) is 0.370. The number of nitrogens with zero attached hydrogens (tertiary/aromatic N) is 1. The summed E-state index contributed by atoms with van der Waals surface area (Å²) < 4.78 is 0. The minimum atomic E-state index is -0.114. The molecule has 0 spiro atoms. The van der Waals surface area contributed by atoms with Crippen molar-refractivity contribution in [3.63, 3.8) is 0 Å². The van der Waals surface area contributed by atoms with Gasteiger partial charge in [-0.15, -0.1) is 0 Å².